The van der Waals surface area contributed by atoms with E-state index in [1.54, 1.807) is 12.1 Å². The van der Waals surface area contributed by atoms with Crippen LogP contribution in [-0.2, 0) is 4.74 Å². The van der Waals surface area contributed by atoms with Gasteiger partial charge in [-0.1, -0.05) is 17.7 Å². The van der Waals surface area contributed by atoms with E-state index in [0.29, 0.717) is 17.8 Å². The van der Waals surface area contributed by atoms with Gasteiger partial charge >= 0.3 is 7.12 Å². The molecule has 1 aromatic carbocycles. The van der Waals surface area contributed by atoms with E-state index in [2.05, 4.69) is 0 Å². The van der Waals surface area contributed by atoms with E-state index in [9.17, 15) is 10.0 Å². The summed E-state index contributed by atoms with van der Waals surface area (Å²) in [6, 6.07) is 5.39. The monoisotopic (exact) mass is 250 g/mol. The van der Waals surface area contributed by atoms with Crippen molar-refractivity contribution in [2.75, 3.05) is 13.2 Å². The van der Waals surface area contributed by atoms with Gasteiger partial charge in [0.25, 0.3) is 0 Å². The van der Waals surface area contributed by atoms with Crippen LogP contribution in [0.15, 0.2) is 18.2 Å². The Bertz CT molecular complexity index is 389. The van der Waals surface area contributed by atoms with Crippen molar-refractivity contribution in [1.82, 2.24) is 0 Å². The minimum Gasteiger partial charge on any atom is -0.491 e. The molecular formula is C13H19BO4. The molecule has 5 heteroatoms. The SMILES string of the molecule is Cc1ccc(OCC2CCCCO2)c(B(O)O)c1. The number of aryl methyl sites for hydroxylation is 1. The van der Waals surface area contributed by atoms with E-state index in [1.807, 2.05) is 13.0 Å². The molecule has 0 spiro atoms. The van der Waals surface area contributed by atoms with Gasteiger partial charge in [0.1, 0.15) is 12.4 Å². The summed E-state index contributed by atoms with van der Waals surface area (Å²) in [4.78, 5) is 0. The minimum absolute atomic E-state index is 0.115. The Balaban J connectivity index is 1.99. The average molecular weight is 250 g/mol. The molecule has 1 atom stereocenters. The fraction of sp³-hybridized carbons (Fsp3) is 0.538. The highest BCUT2D eigenvalue weighted by atomic mass is 16.5. The molecule has 0 saturated carbocycles. The van der Waals surface area contributed by atoms with Crippen LogP contribution < -0.4 is 10.2 Å². The third kappa shape index (κ3) is 3.48. The minimum atomic E-state index is -1.51. The summed E-state index contributed by atoms with van der Waals surface area (Å²) in [5.74, 6) is 0.518. The topological polar surface area (TPSA) is 58.9 Å². The predicted octanol–water partition coefficient (Wildman–Crippen LogP) is 0.623. The van der Waals surface area contributed by atoms with Crippen LogP contribution in [0.1, 0.15) is 24.8 Å². The van der Waals surface area contributed by atoms with Gasteiger partial charge in [-0.15, -0.1) is 0 Å². The highest BCUT2D eigenvalue weighted by Gasteiger charge is 2.19. The molecule has 1 heterocycles. The third-order valence-corrected chi connectivity index (χ3v) is 3.14. The second kappa shape index (κ2) is 6.23. The van der Waals surface area contributed by atoms with Crippen LogP contribution in [0.25, 0.3) is 0 Å². The van der Waals surface area contributed by atoms with E-state index >= 15 is 0 Å². The second-order valence-electron chi connectivity index (χ2n) is 4.71. The molecule has 1 unspecified atom stereocenters. The van der Waals surface area contributed by atoms with Crippen LogP contribution >= 0.6 is 0 Å². The van der Waals surface area contributed by atoms with Gasteiger partial charge in [0, 0.05) is 12.1 Å². The Morgan fingerprint density at radius 2 is 2.22 bits per heavy atom. The Hall–Kier alpha value is -1.04. The Kier molecular flexibility index (Phi) is 4.63. The first-order valence-electron chi connectivity index (χ1n) is 6.38. The molecule has 18 heavy (non-hydrogen) atoms. The standard InChI is InChI=1S/C13H19BO4/c1-10-5-6-13(12(8-10)14(15)16)18-9-11-4-2-3-7-17-11/h5-6,8,11,15-16H,2-4,7,9H2,1H3. The first kappa shape index (κ1) is 13.4. The molecule has 0 amide bonds. The summed E-state index contributed by atoms with van der Waals surface area (Å²) in [5, 5.41) is 18.6. The van der Waals surface area contributed by atoms with Crippen molar-refractivity contribution >= 4 is 12.6 Å². The van der Waals surface area contributed by atoms with Crippen LogP contribution in [-0.4, -0.2) is 36.5 Å². The largest absolute Gasteiger partial charge is 0.492 e. The second-order valence-corrected chi connectivity index (χ2v) is 4.71. The summed E-state index contributed by atoms with van der Waals surface area (Å²) >= 11 is 0. The van der Waals surface area contributed by atoms with Crippen molar-refractivity contribution in [1.29, 1.82) is 0 Å². The molecule has 1 saturated heterocycles. The summed E-state index contributed by atoms with van der Waals surface area (Å²) in [6.45, 7) is 3.15. The van der Waals surface area contributed by atoms with E-state index in [0.717, 1.165) is 31.4 Å². The lowest BCUT2D eigenvalue weighted by molar-refractivity contribution is -0.0109. The molecule has 4 nitrogen and oxygen atoms in total. The summed E-state index contributed by atoms with van der Waals surface area (Å²) in [6.07, 6.45) is 3.39. The van der Waals surface area contributed by atoms with Gasteiger partial charge in [-0.25, -0.2) is 0 Å². The van der Waals surface area contributed by atoms with Crippen molar-refractivity contribution in [3.8, 4) is 5.75 Å². The van der Waals surface area contributed by atoms with Gasteiger partial charge in [0.15, 0.2) is 0 Å². The number of hydrogen-bond donors (Lipinski definition) is 2. The van der Waals surface area contributed by atoms with Crippen molar-refractivity contribution < 1.29 is 19.5 Å². The maximum Gasteiger partial charge on any atom is 0.492 e. The molecule has 1 fully saturated rings. The molecule has 1 aliphatic heterocycles. The van der Waals surface area contributed by atoms with E-state index in [4.69, 9.17) is 9.47 Å². The highest BCUT2D eigenvalue weighted by molar-refractivity contribution is 6.59. The molecule has 2 rings (SSSR count). The predicted molar refractivity (Wildman–Crippen MR) is 70.1 cm³/mol. The lowest BCUT2D eigenvalue weighted by Crippen LogP contribution is -2.33. The lowest BCUT2D eigenvalue weighted by atomic mass is 9.79. The number of rotatable bonds is 4. The molecule has 2 N–H and O–H groups in total. The maximum absolute atomic E-state index is 9.31. The Morgan fingerprint density at radius 3 is 2.89 bits per heavy atom. The molecule has 0 aliphatic carbocycles. The zero-order chi connectivity index (χ0) is 13.0. The zero-order valence-electron chi connectivity index (χ0n) is 10.6. The van der Waals surface area contributed by atoms with Gasteiger partial charge in [-0.3, -0.25) is 0 Å². The van der Waals surface area contributed by atoms with Gasteiger partial charge < -0.3 is 19.5 Å². The fourth-order valence-corrected chi connectivity index (χ4v) is 2.12. The van der Waals surface area contributed by atoms with E-state index < -0.39 is 7.12 Å². The molecule has 1 aliphatic rings. The third-order valence-electron chi connectivity index (χ3n) is 3.14. The van der Waals surface area contributed by atoms with Crippen molar-refractivity contribution in [3.05, 3.63) is 23.8 Å². The first-order chi connectivity index (χ1) is 8.66. The van der Waals surface area contributed by atoms with Crippen LogP contribution in [0.5, 0.6) is 5.75 Å². The van der Waals surface area contributed by atoms with Gasteiger partial charge in [-0.2, -0.15) is 0 Å². The smallest absolute Gasteiger partial charge is 0.491 e. The molecule has 0 bridgehead atoms. The van der Waals surface area contributed by atoms with Gasteiger partial charge in [0.2, 0.25) is 0 Å². The van der Waals surface area contributed by atoms with Crippen molar-refractivity contribution in [2.24, 2.45) is 0 Å². The first-order valence-corrected chi connectivity index (χ1v) is 6.38. The van der Waals surface area contributed by atoms with Crippen molar-refractivity contribution in [3.63, 3.8) is 0 Å². The van der Waals surface area contributed by atoms with Crippen molar-refractivity contribution in [2.45, 2.75) is 32.3 Å². The molecular weight excluding hydrogens is 231 g/mol. The Morgan fingerprint density at radius 1 is 1.39 bits per heavy atom. The summed E-state index contributed by atoms with van der Waals surface area (Å²) in [5.41, 5.74) is 1.38. The van der Waals surface area contributed by atoms with Crippen LogP contribution in [0.2, 0.25) is 0 Å². The highest BCUT2D eigenvalue weighted by Crippen LogP contribution is 2.15. The normalized spacial score (nSPS) is 19.6. The Labute approximate surface area is 108 Å². The van der Waals surface area contributed by atoms with E-state index in [1.165, 1.54) is 0 Å². The molecule has 98 valence electrons. The van der Waals surface area contributed by atoms with Crippen LogP contribution in [0.4, 0.5) is 0 Å². The molecule has 0 aromatic heterocycles. The van der Waals surface area contributed by atoms with Crippen LogP contribution in [0.3, 0.4) is 0 Å². The summed E-state index contributed by atoms with van der Waals surface area (Å²) in [7, 11) is -1.51. The number of hydrogen-bond acceptors (Lipinski definition) is 4. The van der Waals surface area contributed by atoms with Crippen LogP contribution in [0, 0.1) is 6.92 Å². The lowest BCUT2D eigenvalue weighted by Gasteiger charge is -2.23. The fourth-order valence-electron chi connectivity index (χ4n) is 2.12. The van der Waals surface area contributed by atoms with E-state index in [-0.39, 0.29) is 6.10 Å². The van der Waals surface area contributed by atoms with Gasteiger partial charge in [-0.05, 0) is 32.3 Å². The zero-order valence-corrected chi connectivity index (χ0v) is 10.6. The van der Waals surface area contributed by atoms with Gasteiger partial charge in [0.05, 0.1) is 6.10 Å². The average Bonchev–Trinajstić information content (AvgIpc) is 2.38. The maximum atomic E-state index is 9.31. The molecule has 1 aromatic rings. The molecule has 0 radical (unpaired) electrons. The quantitative estimate of drug-likeness (QED) is 0.769. The summed E-state index contributed by atoms with van der Waals surface area (Å²) < 4.78 is 11.2. The number of ether oxygens (including phenoxy) is 2. The number of benzene rings is 1.